The number of methoxy groups -OCH3 is 1. The molecule has 4 aromatic rings. The van der Waals surface area contributed by atoms with Gasteiger partial charge in [0.1, 0.15) is 39.7 Å². The molecule has 1 aliphatic rings. The molecule has 0 saturated heterocycles. The van der Waals surface area contributed by atoms with Gasteiger partial charge in [-0.25, -0.2) is 27.5 Å². The van der Waals surface area contributed by atoms with Crippen LogP contribution in [0.25, 0.3) is 17.0 Å². The molecule has 2 N–H and O–H groups in total. The standard InChI is InChI=1S/C56H83N5O9S/c1-17-18-19-20-21-22-27-67-44-25-23-37(56(14,15)34-53(5,6)7)30-45(44)71(64,65)60-38-24-26-43(66-16)39(31-38)48-58-49-46(40(32-57)50(61(49)59-48)70-52(63)68-33-35(2)3)51(62)69-47-41(54(8,9)10)28-36(4)29-42(47)55(11,12)13/h23-26,30-31,35-36,41-42,47,60H,17-22,27-29,33-34H2,1-16H3,(H,58,59). The summed E-state index contributed by atoms with van der Waals surface area (Å²) in [4.78, 5) is 32.9. The summed E-state index contributed by atoms with van der Waals surface area (Å²) in [5.74, 6) is -0.0578. The Kier molecular flexibility index (Phi) is 18.1. The second-order valence-corrected chi connectivity index (χ2v) is 25.9. The fourth-order valence-electron chi connectivity index (χ4n) is 10.3. The second-order valence-electron chi connectivity index (χ2n) is 24.3. The number of aromatic nitrogens is 3. The molecule has 71 heavy (non-hydrogen) atoms. The first-order chi connectivity index (χ1) is 33.0. The van der Waals surface area contributed by atoms with Crippen LogP contribution < -0.4 is 18.9 Å². The number of anilines is 1. The van der Waals surface area contributed by atoms with E-state index < -0.39 is 28.3 Å². The van der Waals surface area contributed by atoms with Crippen molar-refractivity contribution in [1.82, 2.24) is 14.6 Å². The summed E-state index contributed by atoms with van der Waals surface area (Å²) in [6.45, 7) is 32.2. The van der Waals surface area contributed by atoms with Crippen molar-refractivity contribution in [2.45, 2.75) is 178 Å². The van der Waals surface area contributed by atoms with Crippen LogP contribution >= 0.6 is 0 Å². The third kappa shape index (κ3) is 14.3. The van der Waals surface area contributed by atoms with Crippen LogP contribution in [-0.4, -0.2) is 61.6 Å². The number of rotatable bonds is 20. The van der Waals surface area contributed by atoms with E-state index in [4.69, 9.17) is 28.7 Å². The Morgan fingerprint density at radius 1 is 0.901 bits per heavy atom. The highest BCUT2D eigenvalue weighted by Crippen LogP contribution is 2.50. The Labute approximate surface area is 424 Å². The number of carbonyl (C=O) groups is 2. The number of unbranched alkanes of at least 4 members (excludes halogenated alkanes) is 5. The molecule has 0 radical (unpaired) electrons. The average molecular weight is 1000 g/mol. The molecule has 2 atom stereocenters. The first-order valence-electron chi connectivity index (χ1n) is 25.6. The number of aromatic amines is 1. The third-order valence-electron chi connectivity index (χ3n) is 13.6. The summed E-state index contributed by atoms with van der Waals surface area (Å²) in [5.41, 5.74) is 0.00625. The minimum Gasteiger partial charge on any atom is -0.496 e. The number of nitriles is 1. The molecule has 5 rings (SSSR count). The van der Waals surface area contributed by atoms with Gasteiger partial charge in [0, 0.05) is 17.5 Å². The Bertz CT molecular complexity index is 2610. The molecule has 1 aliphatic carbocycles. The van der Waals surface area contributed by atoms with Gasteiger partial charge in [-0.15, -0.1) is 0 Å². The lowest BCUT2D eigenvalue weighted by molar-refractivity contribution is -0.0922. The molecule has 2 heterocycles. The molecule has 1 saturated carbocycles. The maximum atomic E-state index is 14.9. The van der Waals surface area contributed by atoms with E-state index in [-0.39, 0.29) is 90.8 Å². The number of sulfonamides is 1. The van der Waals surface area contributed by atoms with E-state index in [2.05, 4.69) is 106 Å². The SMILES string of the molecule is CCCCCCCCOc1ccc(C(C)(C)CC(C)(C)C)cc1S(=O)(=O)Nc1ccc(OC)c(-c2nc3c(C(=O)OC4C(C(C)(C)C)CC(C)CC4C(C)(C)C)c(C#N)c(OC(=O)OCC(C)C)n3[nH]2)c1. The monoisotopic (exact) mass is 1000 g/mol. The van der Waals surface area contributed by atoms with E-state index in [0.717, 1.165) is 56.9 Å². The molecule has 2 aromatic carbocycles. The van der Waals surface area contributed by atoms with E-state index >= 15 is 0 Å². The molecular formula is C56H83N5O9S. The molecule has 0 bridgehead atoms. The molecule has 2 unspecified atom stereocenters. The molecule has 2 aromatic heterocycles. The van der Waals surface area contributed by atoms with Crippen LogP contribution in [-0.2, 0) is 24.9 Å². The minimum absolute atomic E-state index is 0.00395. The summed E-state index contributed by atoms with van der Waals surface area (Å²) in [6.07, 6.45) is 7.28. The van der Waals surface area contributed by atoms with Crippen LogP contribution in [0.2, 0.25) is 0 Å². The van der Waals surface area contributed by atoms with Gasteiger partial charge >= 0.3 is 12.1 Å². The summed E-state index contributed by atoms with van der Waals surface area (Å²) in [6, 6.07) is 12.3. The van der Waals surface area contributed by atoms with Crippen molar-refractivity contribution in [3.8, 4) is 34.8 Å². The van der Waals surface area contributed by atoms with Gasteiger partial charge < -0.3 is 23.7 Å². The zero-order valence-electron chi connectivity index (χ0n) is 45.6. The van der Waals surface area contributed by atoms with Gasteiger partial charge in [-0.2, -0.15) is 5.26 Å². The first kappa shape index (κ1) is 56.7. The Morgan fingerprint density at radius 3 is 2.10 bits per heavy atom. The number of fused-ring (bicyclic) bond motifs is 1. The van der Waals surface area contributed by atoms with E-state index in [1.165, 1.54) is 18.0 Å². The van der Waals surface area contributed by atoms with Crippen molar-refractivity contribution < 1.29 is 41.7 Å². The van der Waals surface area contributed by atoms with Crippen LogP contribution in [0.3, 0.4) is 0 Å². The number of carbonyl (C=O) groups excluding carboxylic acids is 2. The number of hydrogen-bond acceptors (Lipinski definition) is 11. The minimum atomic E-state index is -4.28. The fraction of sp³-hybridized carbons (Fsp3) is 0.643. The lowest BCUT2D eigenvalue weighted by Gasteiger charge is -2.50. The van der Waals surface area contributed by atoms with Crippen molar-refractivity contribution in [2.24, 2.45) is 39.9 Å². The van der Waals surface area contributed by atoms with E-state index in [1.807, 2.05) is 19.9 Å². The number of esters is 1. The number of ether oxygens (including phenoxy) is 5. The van der Waals surface area contributed by atoms with Crippen LogP contribution in [0.15, 0.2) is 41.3 Å². The Hall–Kier alpha value is -5.23. The Morgan fingerprint density at radius 2 is 1.52 bits per heavy atom. The number of benzene rings is 2. The van der Waals surface area contributed by atoms with Gasteiger partial charge in [0.2, 0.25) is 5.88 Å². The highest BCUT2D eigenvalue weighted by molar-refractivity contribution is 7.92. The second kappa shape index (κ2) is 22.7. The molecular weight excluding hydrogens is 919 g/mol. The van der Waals surface area contributed by atoms with Crippen LogP contribution in [0, 0.1) is 51.2 Å². The zero-order chi connectivity index (χ0) is 52.9. The molecule has 15 heteroatoms. The summed E-state index contributed by atoms with van der Waals surface area (Å²) < 4.78 is 63.1. The van der Waals surface area contributed by atoms with Gasteiger partial charge in [-0.05, 0) is 95.1 Å². The quantitative estimate of drug-likeness (QED) is 0.0634. The van der Waals surface area contributed by atoms with Crippen LogP contribution in [0.5, 0.6) is 17.4 Å². The van der Waals surface area contributed by atoms with E-state index in [1.54, 1.807) is 30.3 Å². The lowest BCUT2D eigenvalue weighted by Crippen LogP contribution is -2.49. The topological polar surface area (TPSA) is 183 Å². The van der Waals surface area contributed by atoms with Crippen molar-refractivity contribution >= 4 is 33.5 Å². The molecule has 0 amide bonds. The summed E-state index contributed by atoms with van der Waals surface area (Å²) in [5, 5.41) is 13.8. The Balaban J connectivity index is 1.61. The largest absolute Gasteiger partial charge is 0.515 e. The van der Waals surface area contributed by atoms with Crippen molar-refractivity contribution in [3.05, 3.63) is 53.1 Å². The van der Waals surface area contributed by atoms with E-state index in [0.29, 0.717) is 23.8 Å². The summed E-state index contributed by atoms with van der Waals surface area (Å²) >= 11 is 0. The summed E-state index contributed by atoms with van der Waals surface area (Å²) in [7, 11) is -2.82. The zero-order valence-corrected chi connectivity index (χ0v) is 46.4. The number of H-pyrrole nitrogens is 1. The van der Waals surface area contributed by atoms with Gasteiger partial charge in [-0.3, -0.25) is 9.82 Å². The van der Waals surface area contributed by atoms with Crippen LogP contribution in [0.4, 0.5) is 10.5 Å². The number of hydrogen-bond donors (Lipinski definition) is 2. The maximum absolute atomic E-state index is 14.9. The fourth-order valence-corrected chi connectivity index (χ4v) is 11.5. The molecule has 14 nitrogen and oxygen atoms in total. The van der Waals surface area contributed by atoms with Crippen LogP contribution in [0.1, 0.15) is 183 Å². The third-order valence-corrected chi connectivity index (χ3v) is 15.0. The molecule has 0 spiro atoms. The highest BCUT2D eigenvalue weighted by atomic mass is 32.2. The highest BCUT2D eigenvalue weighted by Gasteiger charge is 2.49. The molecule has 1 fully saturated rings. The van der Waals surface area contributed by atoms with Gasteiger partial charge in [0.05, 0.1) is 25.9 Å². The van der Waals surface area contributed by atoms with Gasteiger partial charge in [0.25, 0.3) is 10.0 Å². The predicted octanol–water partition coefficient (Wildman–Crippen LogP) is 13.9. The first-order valence-corrected chi connectivity index (χ1v) is 27.1. The van der Waals surface area contributed by atoms with E-state index in [9.17, 15) is 23.3 Å². The lowest BCUT2D eigenvalue weighted by atomic mass is 9.59. The van der Waals surface area contributed by atoms with Crippen molar-refractivity contribution in [3.63, 3.8) is 0 Å². The van der Waals surface area contributed by atoms with Gasteiger partial charge in [-0.1, -0.05) is 142 Å². The van der Waals surface area contributed by atoms with Gasteiger partial charge in [0.15, 0.2) is 11.5 Å². The number of nitrogens with one attached hydrogen (secondary N) is 2. The predicted molar refractivity (Wildman–Crippen MR) is 280 cm³/mol. The maximum Gasteiger partial charge on any atom is 0.515 e. The molecule has 392 valence electrons. The average Bonchev–Trinajstić information content (AvgIpc) is 3.81. The number of nitrogens with zero attached hydrogens (tertiary/aromatic N) is 3. The van der Waals surface area contributed by atoms with Crippen molar-refractivity contribution in [1.29, 1.82) is 5.26 Å². The van der Waals surface area contributed by atoms with Crippen molar-refractivity contribution in [2.75, 3.05) is 25.0 Å². The molecule has 0 aliphatic heterocycles. The normalized spacial score (nSPS) is 18.0. The smallest absolute Gasteiger partial charge is 0.496 e.